The maximum Gasteiger partial charge on any atom is 0.282 e. The molecule has 1 aliphatic carbocycles. The van der Waals surface area contributed by atoms with Gasteiger partial charge in [-0.15, -0.1) is 0 Å². The molecule has 0 unspecified atom stereocenters. The molecule has 0 spiro atoms. The van der Waals surface area contributed by atoms with Gasteiger partial charge in [0.15, 0.2) is 0 Å². The lowest BCUT2D eigenvalue weighted by atomic mass is 9.93. The second-order valence-corrected chi connectivity index (χ2v) is 6.77. The third-order valence-electron chi connectivity index (χ3n) is 3.74. The predicted octanol–water partition coefficient (Wildman–Crippen LogP) is 0.564. The van der Waals surface area contributed by atoms with Gasteiger partial charge in [-0.05, 0) is 25.7 Å². The summed E-state index contributed by atoms with van der Waals surface area (Å²) < 4.78 is 28.0. The zero-order valence-electron chi connectivity index (χ0n) is 10.2. The molecule has 1 saturated carbocycles. The molecule has 100 valence electrons. The van der Waals surface area contributed by atoms with Gasteiger partial charge in [-0.2, -0.15) is 17.0 Å². The Morgan fingerprint density at radius 3 is 2.24 bits per heavy atom. The number of aliphatic hydroxyl groups excluding tert-OH is 1. The normalized spacial score (nSPS) is 23.9. The number of hydrogen-bond acceptors (Lipinski definition) is 3. The Morgan fingerprint density at radius 1 is 1.12 bits per heavy atom. The van der Waals surface area contributed by atoms with E-state index in [-0.39, 0.29) is 19.2 Å². The molecule has 17 heavy (non-hydrogen) atoms. The molecular weight excluding hydrogens is 240 g/mol. The van der Waals surface area contributed by atoms with Crippen molar-refractivity contribution in [3.8, 4) is 0 Å². The molecule has 0 aromatic heterocycles. The molecule has 1 N–H and O–H groups in total. The van der Waals surface area contributed by atoms with Crippen molar-refractivity contribution in [2.24, 2.45) is 0 Å². The van der Waals surface area contributed by atoms with Crippen LogP contribution in [0, 0.1) is 0 Å². The Hall–Kier alpha value is -0.170. The number of rotatable bonds is 5. The Kier molecular flexibility index (Phi) is 4.41. The van der Waals surface area contributed by atoms with E-state index in [1.807, 2.05) is 0 Å². The van der Waals surface area contributed by atoms with Crippen molar-refractivity contribution in [2.75, 3.05) is 26.2 Å². The first-order chi connectivity index (χ1) is 8.16. The second kappa shape index (κ2) is 5.65. The molecule has 0 bridgehead atoms. The van der Waals surface area contributed by atoms with Crippen LogP contribution in [0.1, 0.15) is 38.5 Å². The van der Waals surface area contributed by atoms with Gasteiger partial charge in [0.1, 0.15) is 0 Å². The number of nitrogens with zero attached hydrogens (tertiary/aromatic N) is 2. The number of hydrogen-bond donors (Lipinski definition) is 1. The van der Waals surface area contributed by atoms with E-state index in [4.69, 9.17) is 5.11 Å². The molecule has 1 saturated heterocycles. The van der Waals surface area contributed by atoms with E-state index in [2.05, 4.69) is 0 Å². The van der Waals surface area contributed by atoms with Crippen LogP contribution in [-0.4, -0.2) is 54.4 Å². The molecule has 2 rings (SSSR count). The van der Waals surface area contributed by atoms with Gasteiger partial charge >= 0.3 is 0 Å². The van der Waals surface area contributed by atoms with Crippen LogP contribution in [0.15, 0.2) is 0 Å². The highest BCUT2D eigenvalue weighted by Crippen LogP contribution is 2.29. The molecule has 5 nitrogen and oxygen atoms in total. The lowest BCUT2D eigenvalue weighted by Crippen LogP contribution is -2.52. The van der Waals surface area contributed by atoms with Crippen LogP contribution < -0.4 is 0 Å². The van der Waals surface area contributed by atoms with Crippen LogP contribution in [0.4, 0.5) is 0 Å². The molecule has 0 atom stereocenters. The fraction of sp³-hybridized carbons (Fsp3) is 1.00. The molecule has 0 aromatic rings. The highest BCUT2D eigenvalue weighted by molar-refractivity contribution is 7.86. The van der Waals surface area contributed by atoms with E-state index in [0.29, 0.717) is 13.1 Å². The first kappa shape index (κ1) is 13.3. The Balaban J connectivity index is 2.08. The van der Waals surface area contributed by atoms with Gasteiger partial charge < -0.3 is 5.11 Å². The topological polar surface area (TPSA) is 60.9 Å². The molecule has 2 aliphatic rings. The van der Waals surface area contributed by atoms with Gasteiger partial charge in [0.05, 0.1) is 6.61 Å². The minimum Gasteiger partial charge on any atom is -0.395 e. The summed E-state index contributed by atoms with van der Waals surface area (Å²) in [7, 11) is -3.34. The number of piperidine rings is 1. The fourth-order valence-corrected chi connectivity index (χ4v) is 4.42. The second-order valence-electron chi connectivity index (χ2n) is 4.89. The monoisotopic (exact) mass is 262 g/mol. The highest BCUT2D eigenvalue weighted by Gasteiger charge is 2.37. The maximum atomic E-state index is 12.5. The Morgan fingerprint density at radius 2 is 1.76 bits per heavy atom. The fourth-order valence-electron chi connectivity index (χ4n) is 2.50. The highest BCUT2D eigenvalue weighted by atomic mass is 32.2. The summed E-state index contributed by atoms with van der Waals surface area (Å²) in [5, 5.41) is 9.04. The maximum absolute atomic E-state index is 12.5. The summed E-state index contributed by atoms with van der Waals surface area (Å²) in [5.41, 5.74) is 0. The average molecular weight is 262 g/mol. The molecule has 0 radical (unpaired) electrons. The van der Waals surface area contributed by atoms with Crippen molar-refractivity contribution in [3.05, 3.63) is 0 Å². The Labute approximate surface area is 104 Å². The lowest BCUT2D eigenvalue weighted by Gasteiger charge is -2.39. The molecule has 2 fully saturated rings. The largest absolute Gasteiger partial charge is 0.395 e. The summed E-state index contributed by atoms with van der Waals surface area (Å²) in [6, 6.07) is 0.120. The summed E-state index contributed by atoms with van der Waals surface area (Å²) >= 11 is 0. The zero-order valence-corrected chi connectivity index (χ0v) is 11.0. The van der Waals surface area contributed by atoms with Crippen LogP contribution in [0.25, 0.3) is 0 Å². The quantitative estimate of drug-likeness (QED) is 0.787. The van der Waals surface area contributed by atoms with Crippen molar-refractivity contribution in [1.82, 2.24) is 8.61 Å². The van der Waals surface area contributed by atoms with Crippen molar-refractivity contribution < 1.29 is 13.5 Å². The van der Waals surface area contributed by atoms with E-state index < -0.39 is 10.2 Å². The third kappa shape index (κ3) is 2.81. The van der Waals surface area contributed by atoms with Crippen molar-refractivity contribution >= 4 is 10.2 Å². The van der Waals surface area contributed by atoms with Crippen LogP contribution in [0.5, 0.6) is 0 Å². The average Bonchev–Trinajstić information content (AvgIpc) is 2.27. The van der Waals surface area contributed by atoms with Crippen LogP contribution in [0.2, 0.25) is 0 Å². The molecule has 0 amide bonds. The minimum absolute atomic E-state index is 0.0937. The SMILES string of the molecule is O=S(=O)(N1CCCCC1)N(CCO)C1CCC1. The first-order valence-corrected chi connectivity index (χ1v) is 7.94. The molecule has 0 aromatic carbocycles. The van der Waals surface area contributed by atoms with Crippen molar-refractivity contribution in [3.63, 3.8) is 0 Å². The molecular formula is C11H22N2O3S. The lowest BCUT2D eigenvalue weighted by molar-refractivity contribution is 0.165. The summed E-state index contributed by atoms with van der Waals surface area (Å²) in [6.45, 7) is 1.42. The molecule has 1 heterocycles. The summed E-state index contributed by atoms with van der Waals surface area (Å²) in [4.78, 5) is 0. The van der Waals surface area contributed by atoms with Gasteiger partial charge in [0.25, 0.3) is 10.2 Å². The zero-order chi connectivity index (χ0) is 12.3. The van der Waals surface area contributed by atoms with Gasteiger partial charge in [0.2, 0.25) is 0 Å². The van der Waals surface area contributed by atoms with Gasteiger partial charge in [-0.1, -0.05) is 12.8 Å². The smallest absolute Gasteiger partial charge is 0.282 e. The standard InChI is InChI=1S/C11H22N2O3S/c14-10-9-13(11-5-4-6-11)17(15,16)12-7-2-1-3-8-12/h11,14H,1-10H2. The van der Waals surface area contributed by atoms with Crippen LogP contribution >= 0.6 is 0 Å². The van der Waals surface area contributed by atoms with Crippen LogP contribution in [0.3, 0.4) is 0 Å². The van der Waals surface area contributed by atoms with E-state index >= 15 is 0 Å². The van der Waals surface area contributed by atoms with E-state index in [9.17, 15) is 8.42 Å². The summed E-state index contributed by atoms with van der Waals surface area (Å²) in [5.74, 6) is 0. The van der Waals surface area contributed by atoms with Gasteiger partial charge in [-0.3, -0.25) is 0 Å². The number of aliphatic hydroxyl groups is 1. The molecule has 1 aliphatic heterocycles. The summed E-state index contributed by atoms with van der Waals surface area (Å²) in [6.07, 6.45) is 6.01. The van der Waals surface area contributed by atoms with Gasteiger partial charge in [-0.25, -0.2) is 0 Å². The first-order valence-electron chi connectivity index (χ1n) is 6.54. The van der Waals surface area contributed by atoms with Gasteiger partial charge in [0, 0.05) is 25.7 Å². The van der Waals surface area contributed by atoms with Crippen LogP contribution in [-0.2, 0) is 10.2 Å². The van der Waals surface area contributed by atoms with E-state index in [0.717, 1.165) is 38.5 Å². The van der Waals surface area contributed by atoms with E-state index in [1.54, 1.807) is 4.31 Å². The molecule has 6 heteroatoms. The minimum atomic E-state index is -3.34. The van der Waals surface area contributed by atoms with Crippen molar-refractivity contribution in [2.45, 2.75) is 44.6 Å². The third-order valence-corrected chi connectivity index (χ3v) is 5.83. The predicted molar refractivity (Wildman–Crippen MR) is 65.8 cm³/mol. The Bertz CT molecular complexity index is 335. The van der Waals surface area contributed by atoms with Crippen molar-refractivity contribution in [1.29, 1.82) is 0 Å². The van der Waals surface area contributed by atoms with E-state index in [1.165, 1.54) is 4.31 Å².